The summed E-state index contributed by atoms with van der Waals surface area (Å²) in [5, 5.41) is 8.61. The van der Waals surface area contributed by atoms with Crippen LogP contribution >= 0.6 is 11.8 Å². The number of hydrogen-bond acceptors (Lipinski definition) is 4. The Labute approximate surface area is 101 Å². The molecule has 0 aromatic carbocycles. The Balaban J connectivity index is 2.82. The molecule has 0 atom stereocenters. The Morgan fingerprint density at radius 3 is 2.88 bits per heavy atom. The molecule has 0 aliphatic carbocycles. The maximum atomic E-state index is 13.0. The smallest absolute Gasteiger partial charge is 0.338 e. The zero-order valence-corrected chi connectivity index (χ0v) is 9.68. The molecule has 0 saturated carbocycles. The second-order valence-corrected chi connectivity index (χ2v) is 4.09. The number of carboxylic acids is 1. The van der Waals surface area contributed by atoms with Crippen molar-refractivity contribution in [2.24, 2.45) is 0 Å². The van der Waals surface area contributed by atoms with Crippen molar-refractivity contribution in [1.29, 1.82) is 0 Å². The zero-order valence-electron chi connectivity index (χ0n) is 8.86. The molecule has 0 aliphatic rings. The van der Waals surface area contributed by atoms with Gasteiger partial charge in [-0.2, -0.15) is 0 Å². The van der Waals surface area contributed by atoms with Crippen molar-refractivity contribution in [3.63, 3.8) is 0 Å². The third-order valence-corrected chi connectivity index (χ3v) is 2.35. The predicted octanol–water partition coefficient (Wildman–Crippen LogP) is 1.55. The first kappa shape index (κ1) is 13.2. The van der Waals surface area contributed by atoms with E-state index in [0.29, 0.717) is 0 Å². The van der Waals surface area contributed by atoms with Crippen LogP contribution in [0.5, 0.6) is 0 Å². The molecular weight excluding hydrogens is 245 g/mol. The summed E-state index contributed by atoms with van der Waals surface area (Å²) >= 11 is 1.03. The lowest BCUT2D eigenvalue weighted by molar-refractivity contribution is -0.109. The van der Waals surface area contributed by atoms with Gasteiger partial charge in [-0.3, -0.25) is 4.79 Å². The van der Waals surface area contributed by atoms with Gasteiger partial charge in [0.25, 0.3) is 0 Å². The summed E-state index contributed by atoms with van der Waals surface area (Å²) in [6.45, 7) is 1.42. The first-order chi connectivity index (χ1) is 8.00. The summed E-state index contributed by atoms with van der Waals surface area (Å²) in [7, 11) is 0. The fourth-order valence-electron chi connectivity index (χ4n) is 0.935. The van der Waals surface area contributed by atoms with Gasteiger partial charge >= 0.3 is 5.97 Å². The van der Waals surface area contributed by atoms with Crippen molar-refractivity contribution in [1.82, 2.24) is 4.98 Å². The molecule has 0 bridgehead atoms. The standard InChI is InChI=1S/C11H8FNO3S/c1-7(14)17-4-2-3-8-5-9(11(15)16)10(12)6-13-8/h5-6H,4H2,1H3,(H,15,16). The second kappa shape index (κ2) is 6.01. The van der Waals surface area contributed by atoms with Gasteiger partial charge in [-0.1, -0.05) is 17.7 Å². The quantitative estimate of drug-likeness (QED) is 0.810. The highest BCUT2D eigenvalue weighted by Crippen LogP contribution is 2.07. The van der Waals surface area contributed by atoms with Crippen LogP contribution in [0.25, 0.3) is 0 Å². The van der Waals surface area contributed by atoms with Crippen LogP contribution in [0, 0.1) is 17.7 Å². The number of aromatic carboxylic acids is 1. The summed E-state index contributed by atoms with van der Waals surface area (Å²) in [6.07, 6.45) is 0.811. The average Bonchev–Trinajstić information content (AvgIpc) is 2.25. The highest BCUT2D eigenvalue weighted by molar-refractivity contribution is 8.13. The number of thioether (sulfide) groups is 1. The first-order valence-electron chi connectivity index (χ1n) is 4.52. The molecule has 17 heavy (non-hydrogen) atoms. The lowest BCUT2D eigenvalue weighted by Gasteiger charge is -1.96. The van der Waals surface area contributed by atoms with Gasteiger partial charge in [-0.25, -0.2) is 14.2 Å². The van der Waals surface area contributed by atoms with Crippen LogP contribution in [-0.4, -0.2) is 26.9 Å². The van der Waals surface area contributed by atoms with E-state index in [4.69, 9.17) is 5.11 Å². The second-order valence-electron chi connectivity index (χ2n) is 2.94. The first-order valence-corrected chi connectivity index (χ1v) is 5.50. The minimum Gasteiger partial charge on any atom is -0.478 e. The number of nitrogens with zero attached hydrogens (tertiary/aromatic N) is 1. The normalized spacial score (nSPS) is 9.29. The van der Waals surface area contributed by atoms with Gasteiger partial charge in [0.2, 0.25) is 0 Å². The van der Waals surface area contributed by atoms with Crippen molar-refractivity contribution in [3.05, 3.63) is 29.3 Å². The number of carbonyl (C=O) groups is 2. The van der Waals surface area contributed by atoms with E-state index >= 15 is 0 Å². The van der Waals surface area contributed by atoms with Crippen LogP contribution < -0.4 is 0 Å². The van der Waals surface area contributed by atoms with Crippen LogP contribution in [0.15, 0.2) is 12.3 Å². The molecule has 4 nitrogen and oxygen atoms in total. The van der Waals surface area contributed by atoms with E-state index in [-0.39, 0.29) is 16.6 Å². The molecule has 0 fully saturated rings. The van der Waals surface area contributed by atoms with E-state index in [9.17, 15) is 14.0 Å². The fourth-order valence-corrected chi connectivity index (χ4v) is 1.28. The summed E-state index contributed by atoms with van der Waals surface area (Å²) < 4.78 is 13.0. The Kier molecular flexibility index (Phi) is 4.67. The average molecular weight is 253 g/mol. The molecular formula is C11H8FNO3S. The highest BCUT2D eigenvalue weighted by Gasteiger charge is 2.10. The van der Waals surface area contributed by atoms with Crippen molar-refractivity contribution in [3.8, 4) is 11.8 Å². The van der Waals surface area contributed by atoms with Crippen molar-refractivity contribution >= 4 is 22.8 Å². The van der Waals surface area contributed by atoms with Gasteiger partial charge in [-0.05, 0) is 12.0 Å². The third-order valence-electron chi connectivity index (χ3n) is 1.65. The molecule has 6 heteroatoms. The van der Waals surface area contributed by atoms with Crippen LogP contribution in [-0.2, 0) is 4.79 Å². The number of pyridine rings is 1. The van der Waals surface area contributed by atoms with Gasteiger partial charge in [0.1, 0.15) is 5.69 Å². The van der Waals surface area contributed by atoms with Crippen molar-refractivity contribution in [2.45, 2.75) is 6.92 Å². The van der Waals surface area contributed by atoms with E-state index in [1.165, 1.54) is 6.92 Å². The number of carboxylic acid groups (broad SMARTS) is 1. The molecule has 0 unspecified atom stereocenters. The Morgan fingerprint density at radius 1 is 1.59 bits per heavy atom. The topological polar surface area (TPSA) is 67.3 Å². The summed E-state index contributed by atoms with van der Waals surface area (Å²) in [4.78, 5) is 24.9. The lowest BCUT2D eigenvalue weighted by atomic mass is 10.2. The molecule has 0 spiro atoms. The van der Waals surface area contributed by atoms with E-state index in [2.05, 4.69) is 16.8 Å². The van der Waals surface area contributed by atoms with E-state index in [1.807, 2.05) is 0 Å². The van der Waals surface area contributed by atoms with Crippen LogP contribution in [0.3, 0.4) is 0 Å². The molecule has 1 heterocycles. The Bertz CT molecular complexity index is 519. The van der Waals surface area contributed by atoms with E-state index < -0.39 is 17.3 Å². The third kappa shape index (κ3) is 4.25. The lowest BCUT2D eigenvalue weighted by Crippen LogP contribution is -2.02. The summed E-state index contributed by atoms with van der Waals surface area (Å²) in [5.74, 6) is 3.21. The van der Waals surface area contributed by atoms with E-state index in [0.717, 1.165) is 24.0 Å². The number of halogens is 1. The minimum absolute atomic E-state index is 0.0578. The molecule has 1 N–H and O–H groups in total. The fraction of sp³-hybridized carbons (Fsp3) is 0.182. The molecule has 1 rings (SSSR count). The van der Waals surface area contributed by atoms with Gasteiger partial charge in [0, 0.05) is 6.92 Å². The van der Waals surface area contributed by atoms with Crippen LogP contribution in [0.2, 0.25) is 0 Å². The molecule has 1 aromatic rings. The Morgan fingerprint density at radius 2 is 2.29 bits per heavy atom. The molecule has 88 valence electrons. The van der Waals surface area contributed by atoms with Crippen LogP contribution in [0.1, 0.15) is 23.0 Å². The minimum atomic E-state index is -1.37. The monoisotopic (exact) mass is 253 g/mol. The largest absolute Gasteiger partial charge is 0.478 e. The number of carbonyl (C=O) groups excluding carboxylic acids is 1. The predicted molar refractivity (Wildman–Crippen MR) is 61.2 cm³/mol. The summed E-state index contributed by atoms with van der Waals surface area (Å²) in [5.41, 5.74) is -0.309. The van der Waals surface area contributed by atoms with Gasteiger partial charge in [0.05, 0.1) is 17.5 Å². The number of aromatic nitrogens is 1. The Hall–Kier alpha value is -1.87. The van der Waals surface area contributed by atoms with Gasteiger partial charge in [-0.15, -0.1) is 0 Å². The number of rotatable bonds is 2. The zero-order chi connectivity index (χ0) is 12.8. The SMILES string of the molecule is CC(=O)SCC#Cc1cc(C(=O)O)c(F)cn1. The summed E-state index contributed by atoms with van der Waals surface area (Å²) in [6, 6.07) is 1.06. The molecule has 0 saturated heterocycles. The highest BCUT2D eigenvalue weighted by atomic mass is 32.2. The maximum Gasteiger partial charge on any atom is 0.338 e. The molecule has 0 amide bonds. The van der Waals surface area contributed by atoms with E-state index in [1.54, 1.807) is 0 Å². The van der Waals surface area contributed by atoms with Gasteiger partial charge < -0.3 is 5.11 Å². The molecule has 1 aromatic heterocycles. The van der Waals surface area contributed by atoms with Crippen molar-refractivity contribution in [2.75, 3.05) is 5.75 Å². The van der Waals surface area contributed by atoms with Crippen molar-refractivity contribution < 1.29 is 19.1 Å². The van der Waals surface area contributed by atoms with Crippen LogP contribution in [0.4, 0.5) is 4.39 Å². The van der Waals surface area contributed by atoms with Gasteiger partial charge in [0.15, 0.2) is 10.9 Å². The molecule has 0 aliphatic heterocycles. The number of hydrogen-bond donors (Lipinski definition) is 1. The maximum absolute atomic E-state index is 13.0. The molecule has 0 radical (unpaired) electrons.